The number of hydrogen-bond acceptors (Lipinski definition) is 9. The van der Waals surface area contributed by atoms with E-state index in [4.69, 9.17) is 32.7 Å². The second-order valence-corrected chi connectivity index (χ2v) is 18.7. The quantitative estimate of drug-likeness (QED) is 0.0991. The molecule has 11 nitrogen and oxygen atoms in total. The SMILES string of the molecule is COc1cc(N2CCN(C(Cn3nc(-c4ccccc4)c(Cl)c3C(F)(F)F)C(=O)C(Cn3nc(-c4ccccc4)c(Cl)c3C(F)(F)F)N3CCN(c4ccc(Br)c(OC)c4)CC3)CC2)ccc1Br. The van der Waals surface area contributed by atoms with Crippen molar-refractivity contribution in [2.45, 2.75) is 37.5 Å². The van der Waals surface area contributed by atoms with Gasteiger partial charge < -0.3 is 19.3 Å². The molecule has 360 valence electrons. The predicted molar refractivity (Wildman–Crippen MR) is 257 cm³/mol. The van der Waals surface area contributed by atoms with Crippen LogP contribution >= 0.6 is 55.1 Å². The Morgan fingerprint density at radius 3 is 1.26 bits per heavy atom. The molecule has 0 saturated carbocycles. The molecule has 4 aromatic carbocycles. The van der Waals surface area contributed by atoms with Crippen LogP contribution < -0.4 is 19.3 Å². The van der Waals surface area contributed by atoms with Crippen molar-refractivity contribution in [1.29, 1.82) is 0 Å². The second-order valence-electron chi connectivity index (χ2n) is 16.2. The maximum atomic E-state index is 15.8. The molecule has 0 bridgehead atoms. The molecule has 68 heavy (non-hydrogen) atoms. The molecule has 2 aliphatic heterocycles. The average molecular weight is 1110 g/mol. The van der Waals surface area contributed by atoms with Crippen LogP contribution in [0.3, 0.4) is 0 Å². The van der Waals surface area contributed by atoms with Crippen molar-refractivity contribution < 1.29 is 40.6 Å². The number of rotatable bonds is 14. The van der Waals surface area contributed by atoms with E-state index in [1.807, 2.05) is 36.4 Å². The van der Waals surface area contributed by atoms with Gasteiger partial charge in [-0.3, -0.25) is 24.0 Å². The Labute approximate surface area is 415 Å². The molecule has 21 heteroatoms. The molecule has 2 unspecified atom stereocenters. The predicted octanol–water partition coefficient (Wildman–Crippen LogP) is 11.0. The molecule has 4 heterocycles. The Kier molecular flexibility index (Phi) is 15.1. The van der Waals surface area contributed by atoms with Crippen LogP contribution in [-0.4, -0.2) is 114 Å². The molecule has 0 spiro atoms. The van der Waals surface area contributed by atoms with E-state index in [-0.39, 0.29) is 37.6 Å². The summed E-state index contributed by atoms with van der Waals surface area (Å²) in [5, 5.41) is 7.53. The highest BCUT2D eigenvalue weighted by atomic mass is 79.9. The van der Waals surface area contributed by atoms with Crippen LogP contribution in [0, 0.1) is 0 Å². The summed E-state index contributed by atoms with van der Waals surface area (Å²) in [6.07, 6.45) is -10.0. The second kappa shape index (κ2) is 20.7. The molecule has 0 N–H and O–H groups in total. The van der Waals surface area contributed by atoms with Crippen molar-refractivity contribution >= 4 is 72.2 Å². The van der Waals surface area contributed by atoms with Gasteiger partial charge in [0.15, 0.2) is 17.2 Å². The normalized spacial score (nSPS) is 16.2. The lowest BCUT2D eigenvalue weighted by atomic mass is 9.99. The first-order chi connectivity index (χ1) is 32.5. The lowest BCUT2D eigenvalue weighted by Gasteiger charge is -2.44. The Bertz CT molecular complexity index is 2550. The zero-order valence-corrected chi connectivity index (χ0v) is 41.2. The third kappa shape index (κ3) is 10.5. The number of Topliss-reactive ketones (excluding diaryl/α,β-unsaturated/α-hetero) is 1. The Morgan fingerprint density at radius 1 is 0.588 bits per heavy atom. The first kappa shape index (κ1) is 49.6. The van der Waals surface area contributed by atoms with Crippen LogP contribution in [-0.2, 0) is 30.2 Å². The van der Waals surface area contributed by atoms with Crippen molar-refractivity contribution in [3.8, 4) is 34.0 Å². The average Bonchev–Trinajstić information content (AvgIpc) is 3.86. The van der Waals surface area contributed by atoms with Crippen LogP contribution in [0.4, 0.5) is 37.7 Å². The van der Waals surface area contributed by atoms with E-state index in [1.165, 1.54) is 0 Å². The number of ether oxygens (including phenoxy) is 2. The van der Waals surface area contributed by atoms with Gasteiger partial charge in [-0.15, -0.1) is 0 Å². The monoisotopic (exact) mass is 1110 g/mol. The largest absolute Gasteiger partial charge is 0.495 e. The number of aromatic nitrogens is 4. The first-order valence-corrected chi connectivity index (χ1v) is 23.8. The molecule has 2 aromatic heterocycles. The maximum absolute atomic E-state index is 15.8. The van der Waals surface area contributed by atoms with E-state index < -0.39 is 64.7 Å². The van der Waals surface area contributed by atoms with E-state index in [9.17, 15) is 0 Å². The van der Waals surface area contributed by atoms with Gasteiger partial charge in [0.25, 0.3) is 0 Å². The van der Waals surface area contributed by atoms with Crippen LogP contribution in [0.15, 0.2) is 106 Å². The Morgan fingerprint density at radius 2 is 0.941 bits per heavy atom. The van der Waals surface area contributed by atoms with E-state index in [0.717, 1.165) is 20.3 Å². The number of benzene rings is 4. The van der Waals surface area contributed by atoms with Gasteiger partial charge in [-0.2, -0.15) is 36.5 Å². The number of carbonyl (C=O) groups is 1. The molecule has 2 atom stereocenters. The summed E-state index contributed by atoms with van der Waals surface area (Å²) < 4.78 is 105. The van der Waals surface area contributed by atoms with Crippen molar-refractivity contribution in [3.63, 3.8) is 0 Å². The van der Waals surface area contributed by atoms with Gasteiger partial charge in [0.1, 0.15) is 22.9 Å². The summed E-state index contributed by atoms with van der Waals surface area (Å²) in [4.78, 5) is 23.5. The Hall–Kier alpha value is -4.79. The minimum absolute atomic E-state index is 0.133. The lowest BCUT2D eigenvalue weighted by Crippen LogP contribution is -2.61. The van der Waals surface area contributed by atoms with E-state index in [1.54, 1.807) is 84.7 Å². The Balaban J connectivity index is 1.21. The van der Waals surface area contributed by atoms with Crippen LogP contribution in [0.2, 0.25) is 10.0 Å². The highest BCUT2D eigenvalue weighted by Gasteiger charge is 2.46. The highest BCUT2D eigenvalue weighted by Crippen LogP contribution is 2.42. The number of carbonyl (C=O) groups excluding carboxylic acids is 1. The summed E-state index contributed by atoms with van der Waals surface area (Å²) >= 11 is 20.1. The molecule has 2 aliphatic rings. The van der Waals surface area contributed by atoms with Crippen LogP contribution in [0.25, 0.3) is 22.5 Å². The number of ketones is 1. The van der Waals surface area contributed by atoms with Gasteiger partial charge in [0.05, 0.1) is 58.4 Å². The topological polar surface area (TPSA) is 84.1 Å². The number of piperazine rings is 2. The summed E-state index contributed by atoms with van der Waals surface area (Å²) in [6.45, 7) is 0.943. The molecule has 0 amide bonds. The summed E-state index contributed by atoms with van der Waals surface area (Å²) in [6, 6.07) is 24.8. The van der Waals surface area contributed by atoms with Gasteiger partial charge in [0.2, 0.25) is 0 Å². The lowest BCUT2D eigenvalue weighted by molar-refractivity contribution is -0.146. The standard InChI is InChI=1S/C47H44Br2Cl2F6N8O3/c1-67-37-25-31(13-15-33(37)48)60-17-21-62(22-18-60)35(27-64-44(46(52,53)54)39(50)41(58-64)29-9-5-3-6-10-29)43(66)36(63-23-19-61(20-24-63)32-14-16-34(49)38(26-32)68-2)28-65-45(47(55,56)57)40(51)42(59-65)30-11-7-4-8-12-30/h3-16,25-26,35-36H,17-24,27-28H2,1-2H3. The smallest absolute Gasteiger partial charge is 0.434 e. The van der Waals surface area contributed by atoms with E-state index in [0.29, 0.717) is 58.2 Å². The van der Waals surface area contributed by atoms with E-state index in [2.05, 4.69) is 51.9 Å². The summed E-state index contributed by atoms with van der Waals surface area (Å²) in [7, 11) is 3.09. The third-order valence-electron chi connectivity index (χ3n) is 12.3. The number of anilines is 2. The van der Waals surface area contributed by atoms with Crippen LogP contribution in [0.5, 0.6) is 11.5 Å². The summed E-state index contributed by atoms with van der Waals surface area (Å²) in [5.41, 5.74) is -0.477. The molecule has 2 saturated heterocycles. The van der Waals surface area contributed by atoms with Gasteiger partial charge in [0, 0.05) is 87.0 Å². The first-order valence-electron chi connectivity index (χ1n) is 21.4. The number of halogens is 10. The van der Waals surface area contributed by atoms with Crippen molar-refractivity contribution in [1.82, 2.24) is 29.4 Å². The third-order valence-corrected chi connectivity index (χ3v) is 14.3. The molecule has 6 aromatic rings. The minimum Gasteiger partial charge on any atom is -0.495 e. The molecular weight excluding hydrogens is 1070 g/mol. The summed E-state index contributed by atoms with van der Waals surface area (Å²) in [5.74, 6) is 0.568. The number of nitrogens with zero attached hydrogens (tertiary/aromatic N) is 8. The molecule has 2 fully saturated rings. The number of methoxy groups -OCH3 is 2. The van der Waals surface area contributed by atoms with Gasteiger partial charge >= 0.3 is 12.4 Å². The van der Waals surface area contributed by atoms with Gasteiger partial charge in [-0.1, -0.05) is 83.9 Å². The fraction of sp³-hybridized carbons (Fsp3) is 0.340. The maximum Gasteiger partial charge on any atom is 0.434 e. The molecular formula is C47H44Br2Cl2F6N8O3. The fourth-order valence-corrected chi connectivity index (χ4v) is 10.4. The number of hydrogen-bond donors (Lipinski definition) is 0. The molecule has 0 aliphatic carbocycles. The van der Waals surface area contributed by atoms with Crippen molar-refractivity contribution in [2.75, 3.05) is 76.4 Å². The van der Waals surface area contributed by atoms with E-state index >= 15 is 31.1 Å². The van der Waals surface area contributed by atoms with Crippen LogP contribution in [0.1, 0.15) is 11.4 Å². The zero-order chi connectivity index (χ0) is 48.5. The van der Waals surface area contributed by atoms with Gasteiger partial charge in [-0.25, -0.2) is 0 Å². The van der Waals surface area contributed by atoms with Crippen molar-refractivity contribution in [3.05, 3.63) is 127 Å². The number of alkyl halides is 6. The highest BCUT2D eigenvalue weighted by molar-refractivity contribution is 9.11. The molecule has 0 radical (unpaired) electrons. The minimum atomic E-state index is -5.00. The fourth-order valence-electron chi connectivity index (χ4n) is 8.84. The van der Waals surface area contributed by atoms with Crippen molar-refractivity contribution in [2.24, 2.45) is 0 Å². The van der Waals surface area contributed by atoms with Gasteiger partial charge in [-0.05, 0) is 56.1 Å². The molecule has 8 rings (SSSR count). The zero-order valence-electron chi connectivity index (χ0n) is 36.5.